The second kappa shape index (κ2) is 4.47. The minimum absolute atomic E-state index is 0.0868. The Kier molecular flexibility index (Phi) is 4.08. The average Bonchev–Trinajstić information content (AvgIpc) is 1.61. The Balaban J connectivity index is 2.54. The standard InChI is InChI=1S/C2H3BNO2/c4-1-2-6-3-5/h5H,2H2. The molecule has 0 aliphatic heterocycles. The first-order chi connectivity index (χ1) is 2.91. The van der Waals surface area contributed by atoms with Gasteiger partial charge in [0, 0.05) is 0 Å². The van der Waals surface area contributed by atoms with E-state index < -0.39 is 0 Å². The lowest BCUT2D eigenvalue weighted by Gasteiger charge is -1.80. The Morgan fingerprint density at radius 2 is 2.67 bits per heavy atom. The van der Waals surface area contributed by atoms with Gasteiger partial charge in [0.25, 0.3) is 0 Å². The smallest absolute Gasteiger partial charge is 0.429 e. The van der Waals surface area contributed by atoms with E-state index in [4.69, 9.17) is 10.3 Å². The van der Waals surface area contributed by atoms with Crippen molar-refractivity contribution in [2.24, 2.45) is 0 Å². The van der Waals surface area contributed by atoms with Crippen LogP contribution in [0.3, 0.4) is 0 Å². The van der Waals surface area contributed by atoms with E-state index in [-0.39, 0.29) is 6.61 Å². The molecule has 0 saturated heterocycles. The molecule has 0 saturated carbocycles. The van der Waals surface area contributed by atoms with Crippen LogP contribution < -0.4 is 0 Å². The first-order valence-corrected chi connectivity index (χ1v) is 1.36. The topological polar surface area (TPSA) is 53.2 Å². The van der Waals surface area contributed by atoms with Crippen LogP contribution in [-0.4, -0.2) is 19.3 Å². The van der Waals surface area contributed by atoms with Gasteiger partial charge in [0.2, 0.25) is 0 Å². The van der Waals surface area contributed by atoms with Crippen LogP contribution >= 0.6 is 0 Å². The molecule has 0 aromatic rings. The summed E-state index contributed by atoms with van der Waals surface area (Å²) in [7, 11) is 0.489. The van der Waals surface area contributed by atoms with Crippen molar-refractivity contribution >= 4 is 7.69 Å². The van der Waals surface area contributed by atoms with Gasteiger partial charge < -0.3 is 9.68 Å². The number of nitriles is 1. The van der Waals surface area contributed by atoms with Gasteiger partial charge in [0.1, 0.15) is 6.61 Å². The van der Waals surface area contributed by atoms with Crippen molar-refractivity contribution < 1.29 is 9.68 Å². The summed E-state index contributed by atoms with van der Waals surface area (Å²) >= 11 is 0. The first-order valence-electron chi connectivity index (χ1n) is 1.36. The van der Waals surface area contributed by atoms with Gasteiger partial charge in [-0.2, -0.15) is 5.26 Å². The van der Waals surface area contributed by atoms with Crippen molar-refractivity contribution in [3.05, 3.63) is 0 Å². The third-order valence-corrected chi connectivity index (χ3v) is 0.222. The van der Waals surface area contributed by atoms with E-state index in [9.17, 15) is 0 Å². The number of rotatable bonds is 2. The molecule has 3 nitrogen and oxygen atoms in total. The van der Waals surface area contributed by atoms with Crippen LogP contribution in [0.2, 0.25) is 0 Å². The Bertz CT molecular complexity index is 59.1. The van der Waals surface area contributed by atoms with Crippen LogP contribution in [0.15, 0.2) is 0 Å². The van der Waals surface area contributed by atoms with Gasteiger partial charge in [-0.1, -0.05) is 0 Å². The molecule has 0 unspecified atom stereocenters. The van der Waals surface area contributed by atoms with E-state index in [1.165, 1.54) is 0 Å². The second-order valence-corrected chi connectivity index (χ2v) is 0.575. The summed E-state index contributed by atoms with van der Waals surface area (Å²) in [5.41, 5.74) is 0. The predicted octanol–water partition coefficient (Wildman–Crippen LogP) is -0.947. The monoisotopic (exact) mass is 84.0 g/mol. The second-order valence-electron chi connectivity index (χ2n) is 0.575. The number of hydrogen-bond donors (Lipinski definition) is 1. The molecule has 0 aliphatic rings. The lowest BCUT2D eigenvalue weighted by atomic mass is 10.4. The van der Waals surface area contributed by atoms with Gasteiger partial charge in [0.15, 0.2) is 0 Å². The van der Waals surface area contributed by atoms with E-state index in [0.29, 0.717) is 7.69 Å². The van der Waals surface area contributed by atoms with Crippen LogP contribution in [0, 0.1) is 11.3 Å². The predicted molar refractivity (Wildman–Crippen MR) is 19.5 cm³/mol. The van der Waals surface area contributed by atoms with Crippen molar-refractivity contribution in [3.8, 4) is 6.07 Å². The highest BCUT2D eigenvalue weighted by Crippen LogP contribution is 1.58. The molecule has 0 bridgehead atoms. The molecule has 1 radical (unpaired) electrons. The summed E-state index contributed by atoms with van der Waals surface area (Å²) in [4.78, 5) is 0. The van der Waals surface area contributed by atoms with E-state index in [1.807, 2.05) is 0 Å². The fraction of sp³-hybridized carbons (Fsp3) is 0.500. The largest absolute Gasteiger partial charge is 0.485 e. The molecule has 0 heterocycles. The molecular weight excluding hydrogens is 80.8 g/mol. The van der Waals surface area contributed by atoms with E-state index in [1.54, 1.807) is 6.07 Å². The Labute approximate surface area is 36.5 Å². The molecule has 0 amide bonds. The summed E-state index contributed by atoms with van der Waals surface area (Å²) in [6.45, 7) is -0.0868. The van der Waals surface area contributed by atoms with Crippen LogP contribution in [0.5, 0.6) is 0 Å². The maximum absolute atomic E-state index is 7.70. The molecule has 0 aliphatic carbocycles. The molecular formula is C2H3BNO2. The molecule has 0 aromatic heterocycles. The summed E-state index contributed by atoms with van der Waals surface area (Å²) in [5.74, 6) is 0. The maximum atomic E-state index is 7.70. The first kappa shape index (κ1) is 5.47. The third-order valence-electron chi connectivity index (χ3n) is 0.222. The Morgan fingerprint density at radius 3 is 2.83 bits per heavy atom. The van der Waals surface area contributed by atoms with Crippen LogP contribution in [0.1, 0.15) is 0 Å². The molecule has 0 atom stereocenters. The SMILES string of the molecule is N#CCO[B]O. The lowest BCUT2D eigenvalue weighted by Crippen LogP contribution is -1.95. The molecule has 31 valence electrons. The zero-order chi connectivity index (χ0) is 4.83. The molecule has 0 rings (SSSR count). The van der Waals surface area contributed by atoms with Crippen molar-refractivity contribution in [3.63, 3.8) is 0 Å². The average molecular weight is 83.9 g/mol. The highest BCUT2D eigenvalue weighted by atomic mass is 16.5. The van der Waals surface area contributed by atoms with Gasteiger partial charge in [-0.3, -0.25) is 0 Å². The summed E-state index contributed by atoms with van der Waals surface area (Å²) in [6, 6.07) is 1.66. The van der Waals surface area contributed by atoms with Gasteiger partial charge in [-0.25, -0.2) is 0 Å². The van der Waals surface area contributed by atoms with Crippen LogP contribution in [0.25, 0.3) is 0 Å². The fourth-order valence-electron chi connectivity index (χ4n) is 0.0745. The molecule has 0 aromatic carbocycles. The summed E-state index contributed by atoms with van der Waals surface area (Å²) < 4.78 is 4.05. The normalized spacial score (nSPS) is 6.67. The van der Waals surface area contributed by atoms with Crippen molar-refractivity contribution in [2.45, 2.75) is 0 Å². The van der Waals surface area contributed by atoms with E-state index in [2.05, 4.69) is 4.65 Å². The minimum atomic E-state index is -0.0868. The maximum Gasteiger partial charge on any atom is 0.485 e. The molecule has 4 heteroatoms. The van der Waals surface area contributed by atoms with Gasteiger partial charge in [-0.05, 0) is 0 Å². The molecule has 0 fully saturated rings. The Hall–Kier alpha value is -0.525. The van der Waals surface area contributed by atoms with Crippen molar-refractivity contribution in [1.29, 1.82) is 5.26 Å². The summed E-state index contributed by atoms with van der Waals surface area (Å²) in [5, 5.41) is 15.4. The van der Waals surface area contributed by atoms with E-state index in [0.717, 1.165) is 0 Å². The van der Waals surface area contributed by atoms with E-state index >= 15 is 0 Å². The Morgan fingerprint density at radius 1 is 2.00 bits per heavy atom. The zero-order valence-corrected chi connectivity index (χ0v) is 3.09. The molecule has 1 N–H and O–H groups in total. The van der Waals surface area contributed by atoms with Gasteiger partial charge >= 0.3 is 7.69 Å². The van der Waals surface area contributed by atoms with Crippen LogP contribution in [0.4, 0.5) is 0 Å². The highest BCUT2D eigenvalue weighted by molar-refractivity contribution is 6.15. The quantitative estimate of drug-likeness (QED) is 0.346. The van der Waals surface area contributed by atoms with Crippen molar-refractivity contribution in [2.75, 3.05) is 6.61 Å². The summed E-state index contributed by atoms with van der Waals surface area (Å²) in [6.07, 6.45) is 0. The number of hydrogen-bond acceptors (Lipinski definition) is 3. The molecule has 0 spiro atoms. The zero-order valence-electron chi connectivity index (χ0n) is 3.09. The lowest BCUT2D eigenvalue weighted by molar-refractivity contribution is 0.324. The van der Waals surface area contributed by atoms with Gasteiger partial charge in [-0.15, -0.1) is 0 Å². The third kappa shape index (κ3) is 3.47. The number of nitrogens with zero attached hydrogens (tertiary/aromatic N) is 1. The van der Waals surface area contributed by atoms with Gasteiger partial charge in [0.05, 0.1) is 6.07 Å². The highest BCUT2D eigenvalue weighted by Gasteiger charge is 1.78. The minimum Gasteiger partial charge on any atom is -0.429 e. The van der Waals surface area contributed by atoms with Crippen molar-refractivity contribution in [1.82, 2.24) is 0 Å². The fourth-order valence-corrected chi connectivity index (χ4v) is 0.0745. The van der Waals surface area contributed by atoms with Crippen LogP contribution in [-0.2, 0) is 4.65 Å². The molecule has 6 heavy (non-hydrogen) atoms.